The first kappa shape index (κ1) is 10.6. The molecular formula is C9H15N3O2S. The van der Waals surface area contributed by atoms with Crippen molar-refractivity contribution >= 4 is 9.84 Å². The minimum absolute atomic E-state index is 0.268. The number of aromatic nitrogens is 2. The van der Waals surface area contributed by atoms with Gasteiger partial charge in [0.25, 0.3) is 0 Å². The van der Waals surface area contributed by atoms with E-state index in [1.54, 1.807) is 12.4 Å². The summed E-state index contributed by atoms with van der Waals surface area (Å²) in [6, 6.07) is 0. The second-order valence-corrected chi connectivity index (χ2v) is 6.16. The van der Waals surface area contributed by atoms with Crippen molar-refractivity contribution in [3.63, 3.8) is 0 Å². The molecule has 0 aromatic carbocycles. The van der Waals surface area contributed by atoms with Crippen LogP contribution < -0.4 is 5.32 Å². The predicted molar refractivity (Wildman–Crippen MR) is 57.1 cm³/mol. The maximum Gasteiger partial charge on any atom is 0.150 e. The molecule has 0 spiro atoms. The molecule has 1 fully saturated rings. The fraction of sp³-hybridized carbons (Fsp3) is 0.667. The van der Waals surface area contributed by atoms with Gasteiger partial charge in [-0.05, 0) is 18.9 Å². The highest BCUT2D eigenvalue weighted by molar-refractivity contribution is 7.91. The quantitative estimate of drug-likeness (QED) is 0.758. The van der Waals surface area contributed by atoms with Gasteiger partial charge in [-0.2, -0.15) is 0 Å². The summed E-state index contributed by atoms with van der Waals surface area (Å²) in [4.78, 5) is 7.06. The molecule has 84 valence electrons. The van der Waals surface area contributed by atoms with Crippen LogP contribution in [-0.4, -0.2) is 36.4 Å². The molecule has 0 radical (unpaired) electrons. The first-order valence-corrected chi connectivity index (χ1v) is 6.87. The van der Waals surface area contributed by atoms with Gasteiger partial charge in [-0.1, -0.05) is 0 Å². The fourth-order valence-electron chi connectivity index (χ4n) is 1.82. The Morgan fingerprint density at radius 2 is 2.47 bits per heavy atom. The molecule has 1 unspecified atom stereocenters. The summed E-state index contributed by atoms with van der Waals surface area (Å²) in [6.45, 7) is 1.42. The Morgan fingerprint density at radius 1 is 1.60 bits per heavy atom. The van der Waals surface area contributed by atoms with Crippen molar-refractivity contribution in [3.05, 3.63) is 18.2 Å². The van der Waals surface area contributed by atoms with E-state index >= 15 is 0 Å². The van der Waals surface area contributed by atoms with E-state index < -0.39 is 9.84 Å². The van der Waals surface area contributed by atoms with Gasteiger partial charge in [0, 0.05) is 12.4 Å². The third-order valence-electron chi connectivity index (χ3n) is 2.61. The molecule has 1 aromatic heterocycles. The number of sulfone groups is 1. The molecule has 2 heterocycles. The van der Waals surface area contributed by atoms with Crippen molar-refractivity contribution in [2.75, 3.05) is 18.1 Å². The maximum absolute atomic E-state index is 11.2. The lowest BCUT2D eigenvalue weighted by Crippen LogP contribution is -2.23. The van der Waals surface area contributed by atoms with E-state index in [1.807, 2.05) is 0 Å². The van der Waals surface area contributed by atoms with Gasteiger partial charge in [0.05, 0.1) is 18.1 Å². The van der Waals surface area contributed by atoms with Crippen LogP contribution in [0.25, 0.3) is 0 Å². The van der Waals surface area contributed by atoms with Crippen molar-refractivity contribution in [3.8, 4) is 0 Å². The molecule has 0 saturated carbocycles. The molecule has 2 rings (SSSR count). The van der Waals surface area contributed by atoms with Crippen molar-refractivity contribution in [1.29, 1.82) is 0 Å². The molecule has 0 amide bonds. The van der Waals surface area contributed by atoms with Crippen LogP contribution in [0, 0.1) is 5.92 Å². The Morgan fingerprint density at radius 3 is 3.07 bits per heavy atom. The van der Waals surface area contributed by atoms with Gasteiger partial charge in [0.15, 0.2) is 9.84 Å². The Labute approximate surface area is 89.2 Å². The summed E-state index contributed by atoms with van der Waals surface area (Å²) >= 11 is 0. The standard InChI is InChI=1S/C9H15N3O2S/c13-15(14)4-1-8(7-15)5-10-6-9-11-2-3-12-9/h2-3,8,10H,1,4-7H2,(H,11,12). The van der Waals surface area contributed by atoms with Crippen LogP contribution in [0.15, 0.2) is 12.4 Å². The van der Waals surface area contributed by atoms with Gasteiger partial charge in [-0.25, -0.2) is 13.4 Å². The Balaban J connectivity index is 1.71. The summed E-state index contributed by atoms with van der Waals surface area (Å²) in [5.74, 6) is 1.83. The molecule has 15 heavy (non-hydrogen) atoms. The Hall–Kier alpha value is -0.880. The summed E-state index contributed by atoms with van der Waals surface area (Å²) in [7, 11) is -2.74. The zero-order valence-electron chi connectivity index (χ0n) is 8.44. The Kier molecular flexibility index (Phi) is 3.06. The molecule has 1 saturated heterocycles. The number of nitrogens with one attached hydrogen (secondary N) is 2. The van der Waals surface area contributed by atoms with Gasteiger partial charge in [-0.3, -0.25) is 0 Å². The topological polar surface area (TPSA) is 74.8 Å². The van der Waals surface area contributed by atoms with Crippen LogP contribution in [0.4, 0.5) is 0 Å². The lowest BCUT2D eigenvalue weighted by atomic mass is 10.1. The molecule has 1 aliphatic rings. The number of nitrogens with zero attached hydrogens (tertiary/aromatic N) is 1. The monoisotopic (exact) mass is 229 g/mol. The van der Waals surface area contributed by atoms with Crippen molar-refractivity contribution in [1.82, 2.24) is 15.3 Å². The van der Waals surface area contributed by atoms with Crippen LogP contribution >= 0.6 is 0 Å². The van der Waals surface area contributed by atoms with E-state index in [9.17, 15) is 8.42 Å². The van der Waals surface area contributed by atoms with E-state index in [2.05, 4.69) is 15.3 Å². The number of hydrogen-bond acceptors (Lipinski definition) is 4. The van der Waals surface area contributed by atoms with Crippen LogP contribution in [0.2, 0.25) is 0 Å². The van der Waals surface area contributed by atoms with Gasteiger partial charge in [0.1, 0.15) is 5.82 Å². The average Bonchev–Trinajstić information content (AvgIpc) is 2.76. The van der Waals surface area contributed by atoms with Crippen LogP contribution in [0.5, 0.6) is 0 Å². The first-order chi connectivity index (χ1) is 7.16. The number of rotatable bonds is 4. The van der Waals surface area contributed by atoms with Crippen LogP contribution in [-0.2, 0) is 16.4 Å². The number of H-pyrrole nitrogens is 1. The second-order valence-electron chi connectivity index (χ2n) is 3.94. The zero-order valence-corrected chi connectivity index (χ0v) is 9.26. The fourth-order valence-corrected chi connectivity index (χ4v) is 3.68. The number of hydrogen-bond donors (Lipinski definition) is 2. The van der Waals surface area contributed by atoms with Gasteiger partial charge in [0.2, 0.25) is 0 Å². The lowest BCUT2D eigenvalue weighted by Gasteiger charge is -2.07. The molecule has 1 aromatic rings. The van der Waals surface area contributed by atoms with Crippen molar-refractivity contribution < 1.29 is 8.42 Å². The largest absolute Gasteiger partial charge is 0.348 e. The van der Waals surface area contributed by atoms with Crippen LogP contribution in [0.3, 0.4) is 0 Å². The minimum atomic E-state index is -2.74. The molecule has 0 bridgehead atoms. The maximum atomic E-state index is 11.2. The normalized spacial score (nSPS) is 24.4. The van der Waals surface area contributed by atoms with Crippen molar-refractivity contribution in [2.24, 2.45) is 5.92 Å². The molecule has 2 N–H and O–H groups in total. The van der Waals surface area contributed by atoms with E-state index in [-0.39, 0.29) is 5.92 Å². The van der Waals surface area contributed by atoms with E-state index in [1.165, 1.54) is 0 Å². The van der Waals surface area contributed by atoms with E-state index in [0.717, 1.165) is 18.8 Å². The third-order valence-corrected chi connectivity index (χ3v) is 4.44. The van der Waals surface area contributed by atoms with E-state index in [0.29, 0.717) is 18.1 Å². The highest BCUT2D eigenvalue weighted by Crippen LogP contribution is 2.17. The van der Waals surface area contributed by atoms with Gasteiger partial charge < -0.3 is 10.3 Å². The Bertz CT molecular complexity index is 399. The smallest absolute Gasteiger partial charge is 0.150 e. The summed E-state index contributed by atoms with van der Waals surface area (Å²) < 4.78 is 22.4. The lowest BCUT2D eigenvalue weighted by molar-refractivity contribution is 0.515. The third kappa shape index (κ3) is 3.04. The molecular weight excluding hydrogens is 214 g/mol. The highest BCUT2D eigenvalue weighted by Gasteiger charge is 2.27. The van der Waals surface area contributed by atoms with Crippen molar-refractivity contribution in [2.45, 2.75) is 13.0 Å². The van der Waals surface area contributed by atoms with Gasteiger partial charge in [-0.15, -0.1) is 0 Å². The molecule has 6 heteroatoms. The zero-order chi connectivity index (χ0) is 10.7. The second kappa shape index (κ2) is 4.32. The summed E-state index contributed by atoms with van der Waals surface area (Å²) in [5.41, 5.74) is 0. The molecule has 5 nitrogen and oxygen atoms in total. The van der Waals surface area contributed by atoms with Crippen LogP contribution in [0.1, 0.15) is 12.2 Å². The molecule has 1 atom stereocenters. The van der Waals surface area contributed by atoms with E-state index in [4.69, 9.17) is 0 Å². The number of imidazole rings is 1. The molecule has 1 aliphatic heterocycles. The average molecular weight is 229 g/mol. The molecule has 0 aliphatic carbocycles. The predicted octanol–water partition coefficient (Wildman–Crippen LogP) is -0.0660. The summed E-state index contributed by atoms with van der Waals surface area (Å²) in [6.07, 6.45) is 4.27. The highest BCUT2D eigenvalue weighted by atomic mass is 32.2. The number of aromatic amines is 1. The first-order valence-electron chi connectivity index (χ1n) is 5.05. The SMILES string of the molecule is O=S1(=O)CCC(CNCc2ncc[nH]2)C1. The minimum Gasteiger partial charge on any atom is -0.348 e. The van der Waals surface area contributed by atoms with Gasteiger partial charge >= 0.3 is 0 Å². The summed E-state index contributed by atoms with van der Waals surface area (Å²) in [5, 5.41) is 3.21.